The van der Waals surface area contributed by atoms with Crippen molar-refractivity contribution in [2.75, 3.05) is 19.7 Å². The van der Waals surface area contributed by atoms with E-state index in [-0.39, 0.29) is 23.5 Å². The maximum atomic E-state index is 12.0. The monoisotopic (exact) mass is 318 g/mol. The van der Waals surface area contributed by atoms with Crippen LogP contribution in [0.5, 0.6) is 0 Å². The normalized spacial score (nSPS) is 23.1. The maximum Gasteiger partial charge on any atom is 0.225 e. The molecule has 1 atom stereocenters. The first-order chi connectivity index (χ1) is 11.0. The third-order valence-corrected chi connectivity index (χ3v) is 4.63. The standard InChI is InChI=1S/C18H26N2O3/c1-13(2)17(21)20-11-18(12-20)7-16(4-5-23-18)22-10-15-6-14(3)8-19-9-15/h6,8-9,13,16H,4-5,7,10-12H2,1-3H3/t16-/m0/s1. The molecule has 3 rings (SSSR count). The summed E-state index contributed by atoms with van der Waals surface area (Å²) in [6.45, 7) is 8.62. The van der Waals surface area contributed by atoms with Crippen LogP contribution in [-0.2, 0) is 20.9 Å². The number of aryl methyl sites for hydroxylation is 1. The third-order valence-electron chi connectivity index (χ3n) is 4.63. The van der Waals surface area contributed by atoms with Crippen molar-refractivity contribution >= 4 is 5.91 Å². The summed E-state index contributed by atoms with van der Waals surface area (Å²) in [5, 5.41) is 0. The van der Waals surface area contributed by atoms with Crippen molar-refractivity contribution in [1.29, 1.82) is 0 Å². The van der Waals surface area contributed by atoms with Crippen LogP contribution in [0.1, 0.15) is 37.8 Å². The highest BCUT2D eigenvalue weighted by atomic mass is 16.5. The zero-order valence-corrected chi connectivity index (χ0v) is 14.2. The van der Waals surface area contributed by atoms with Gasteiger partial charge < -0.3 is 14.4 Å². The van der Waals surface area contributed by atoms with Gasteiger partial charge in [-0.15, -0.1) is 0 Å². The van der Waals surface area contributed by atoms with Gasteiger partial charge in [-0.1, -0.05) is 19.9 Å². The molecule has 2 fully saturated rings. The molecule has 1 spiro atoms. The van der Waals surface area contributed by atoms with Crippen LogP contribution in [0.2, 0.25) is 0 Å². The van der Waals surface area contributed by atoms with Crippen LogP contribution in [0, 0.1) is 12.8 Å². The highest BCUT2D eigenvalue weighted by Crippen LogP contribution is 2.36. The molecule has 0 bridgehead atoms. The Bertz CT molecular complexity index is 567. The fourth-order valence-corrected chi connectivity index (χ4v) is 3.43. The van der Waals surface area contributed by atoms with E-state index < -0.39 is 0 Å². The Kier molecular flexibility index (Phi) is 4.69. The number of carbonyl (C=O) groups is 1. The Morgan fingerprint density at radius 2 is 2.26 bits per heavy atom. The van der Waals surface area contributed by atoms with Crippen molar-refractivity contribution in [2.45, 2.75) is 51.9 Å². The summed E-state index contributed by atoms with van der Waals surface area (Å²) >= 11 is 0. The lowest BCUT2D eigenvalue weighted by molar-refractivity contribution is -0.204. The van der Waals surface area contributed by atoms with Gasteiger partial charge in [0.2, 0.25) is 5.91 Å². The number of hydrogen-bond donors (Lipinski definition) is 0. The number of pyridine rings is 1. The van der Waals surface area contributed by atoms with Gasteiger partial charge in [-0.2, -0.15) is 0 Å². The lowest BCUT2D eigenvalue weighted by atomic mass is 9.84. The number of aromatic nitrogens is 1. The van der Waals surface area contributed by atoms with Gasteiger partial charge in [0, 0.05) is 31.3 Å². The summed E-state index contributed by atoms with van der Waals surface area (Å²) in [6, 6.07) is 2.11. The van der Waals surface area contributed by atoms with Crippen molar-refractivity contribution in [3.8, 4) is 0 Å². The van der Waals surface area contributed by atoms with Crippen molar-refractivity contribution in [3.63, 3.8) is 0 Å². The Balaban J connectivity index is 1.51. The fraction of sp³-hybridized carbons (Fsp3) is 0.667. The number of ether oxygens (including phenoxy) is 2. The molecule has 0 aromatic carbocycles. The van der Waals surface area contributed by atoms with E-state index in [1.54, 1.807) is 0 Å². The van der Waals surface area contributed by atoms with E-state index in [1.165, 1.54) is 0 Å². The zero-order valence-electron chi connectivity index (χ0n) is 14.2. The van der Waals surface area contributed by atoms with Crippen LogP contribution >= 0.6 is 0 Å². The lowest BCUT2D eigenvalue weighted by Gasteiger charge is -2.53. The molecule has 3 heterocycles. The number of rotatable bonds is 4. The minimum atomic E-state index is -0.182. The van der Waals surface area contributed by atoms with Gasteiger partial charge >= 0.3 is 0 Å². The van der Waals surface area contributed by atoms with Crippen LogP contribution in [0.4, 0.5) is 0 Å². The van der Waals surface area contributed by atoms with E-state index in [9.17, 15) is 4.79 Å². The number of hydrogen-bond acceptors (Lipinski definition) is 4. The van der Waals surface area contributed by atoms with Crippen molar-refractivity contribution in [1.82, 2.24) is 9.88 Å². The molecular weight excluding hydrogens is 292 g/mol. The first-order valence-corrected chi connectivity index (χ1v) is 8.42. The number of likely N-dealkylation sites (tertiary alicyclic amines) is 1. The second-order valence-electron chi connectivity index (χ2n) is 7.18. The summed E-state index contributed by atoms with van der Waals surface area (Å²) in [5.41, 5.74) is 2.07. The Hall–Kier alpha value is -1.46. The van der Waals surface area contributed by atoms with E-state index in [2.05, 4.69) is 11.1 Å². The van der Waals surface area contributed by atoms with Gasteiger partial charge in [0.25, 0.3) is 0 Å². The predicted octanol–water partition coefficient (Wildman–Crippen LogP) is 2.32. The lowest BCUT2D eigenvalue weighted by Crippen LogP contribution is -2.67. The summed E-state index contributed by atoms with van der Waals surface area (Å²) in [5.74, 6) is 0.268. The largest absolute Gasteiger partial charge is 0.373 e. The molecule has 0 unspecified atom stereocenters. The second kappa shape index (κ2) is 6.57. The number of nitrogens with zero attached hydrogens (tertiary/aromatic N) is 2. The van der Waals surface area contributed by atoms with Gasteiger partial charge in [-0.3, -0.25) is 9.78 Å². The SMILES string of the molecule is Cc1cncc(CO[C@H]2CCOC3(C2)CN(C(=O)C(C)C)C3)c1. The first kappa shape index (κ1) is 16.4. The summed E-state index contributed by atoms with van der Waals surface area (Å²) in [6.07, 6.45) is 5.68. The van der Waals surface area contributed by atoms with E-state index in [0.29, 0.717) is 26.3 Å². The molecule has 2 saturated heterocycles. The van der Waals surface area contributed by atoms with E-state index in [4.69, 9.17) is 9.47 Å². The van der Waals surface area contributed by atoms with Crippen LogP contribution in [0.3, 0.4) is 0 Å². The topological polar surface area (TPSA) is 51.7 Å². The molecule has 2 aliphatic rings. The molecule has 1 aromatic rings. The van der Waals surface area contributed by atoms with E-state index in [1.807, 2.05) is 38.1 Å². The molecule has 0 saturated carbocycles. The first-order valence-electron chi connectivity index (χ1n) is 8.42. The zero-order chi connectivity index (χ0) is 16.4. The highest BCUT2D eigenvalue weighted by molar-refractivity contribution is 5.79. The Morgan fingerprint density at radius 3 is 2.96 bits per heavy atom. The summed E-state index contributed by atoms with van der Waals surface area (Å²) < 4.78 is 12.1. The van der Waals surface area contributed by atoms with Crippen molar-refractivity contribution in [3.05, 3.63) is 29.6 Å². The van der Waals surface area contributed by atoms with Crippen LogP contribution in [0.25, 0.3) is 0 Å². The van der Waals surface area contributed by atoms with Crippen LogP contribution < -0.4 is 0 Å². The molecule has 1 aromatic heterocycles. The average Bonchev–Trinajstić information content (AvgIpc) is 2.50. The summed E-state index contributed by atoms with van der Waals surface area (Å²) in [4.78, 5) is 18.1. The molecule has 5 nitrogen and oxygen atoms in total. The Labute approximate surface area is 138 Å². The molecule has 0 aliphatic carbocycles. The molecule has 126 valence electrons. The van der Waals surface area contributed by atoms with Gasteiger partial charge in [0.1, 0.15) is 5.60 Å². The fourth-order valence-electron chi connectivity index (χ4n) is 3.43. The van der Waals surface area contributed by atoms with Gasteiger partial charge in [-0.25, -0.2) is 0 Å². The van der Waals surface area contributed by atoms with E-state index >= 15 is 0 Å². The molecule has 0 N–H and O–H groups in total. The summed E-state index contributed by atoms with van der Waals surface area (Å²) in [7, 11) is 0. The maximum absolute atomic E-state index is 12.0. The second-order valence-corrected chi connectivity index (χ2v) is 7.18. The third kappa shape index (κ3) is 3.72. The number of amides is 1. The van der Waals surface area contributed by atoms with Crippen molar-refractivity contribution in [2.24, 2.45) is 5.92 Å². The minimum Gasteiger partial charge on any atom is -0.373 e. The minimum absolute atomic E-state index is 0.0526. The van der Waals surface area contributed by atoms with Crippen molar-refractivity contribution < 1.29 is 14.3 Å². The van der Waals surface area contributed by atoms with Crippen LogP contribution in [0.15, 0.2) is 18.5 Å². The molecule has 5 heteroatoms. The van der Waals surface area contributed by atoms with Gasteiger partial charge in [-0.05, 0) is 24.5 Å². The average molecular weight is 318 g/mol. The van der Waals surface area contributed by atoms with Gasteiger partial charge in [0.05, 0.1) is 25.8 Å². The highest BCUT2D eigenvalue weighted by Gasteiger charge is 2.49. The predicted molar refractivity (Wildman–Crippen MR) is 86.9 cm³/mol. The van der Waals surface area contributed by atoms with E-state index in [0.717, 1.165) is 24.0 Å². The molecule has 1 amide bonds. The molecule has 2 aliphatic heterocycles. The quantitative estimate of drug-likeness (QED) is 0.855. The molecule has 0 radical (unpaired) electrons. The Morgan fingerprint density at radius 1 is 1.48 bits per heavy atom. The number of carbonyl (C=O) groups excluding carboxylic acids is 1. The van der Waals surface area contributed by atoms with Crippen LogP contribution in [-0.4, -0.2) is 47.2 Å². The van der Waals surface area contributed by atoms with Gasteiger partial charge in [0.15, 0.2) is 0 Å². The smallest absolute Gasteiger partial charge is 0.225 e. The molecular formula is C18H26N2O3. The molecule has 23 heavy (non-hydrogen) atoms.